The molecule has 0 amide bonds. The molecular weight excluding hydrogens is 506 g/mol. The Bertz CT molecular complexity index is 1390. The van der Waals surface area contributed by atoms with Crippen molar-refractivity contribution in [1.29, 1.82) is 0 Å². The average molecular weight is 533 g/mol. The molecule has 196 valence electrons. The molecule has 0 aliphatic heterocycles. The van der Waals surface area contributed by atoms with Gasteiger partial charge in [0, 0.05) is 34.8 Å². The number of aromatic nitrogens is 1. The van der Waals surface area contributed by atoms with Gasteiger partial charge >= 0.3 is 6.18 Å². The fourth-order valence-electron chi connectivity index (χ4n) is 4.30. The Hall–Kier alpha value is -2.53. The van der Waals surface area contributed by atoms with Gasteiger partial charge < -0.3 is 4.57 Å². The second-order valence-corrected chi connectivity index (χ2v) is 12.3. The van der Waals surface area contributed by atoms with Gasteiger partial charge in [0.05, 0.1) is 10.8 Å². The van der Waals surface area contributed by atoms with Crippen LogP contribution >= 0.6 is 0 Å². The molecule has 1 aliphatic carbocycles. The lowest BCUT2D eigenvalue weighted by atomic mass is 9.95. The van der Waals surface area contributed by atoms with Gasteiger partial charge in [0.2, 0.25) is 10.0 Å². The van der Waals surface area contributed by atoms with Gasteiger partial charge in [-0.1, -0.05) is 39.0 Å². The van der Waals surface area contributed by atoms with E-state index in [1.807, 2.05) is 20.8 Å². The molecule has 0 spiro atoms. The van der Waals surface area contributed by atoms with E-state index in [-0.39, 0.29) is 39.6 Å². The molecule has 0 unspecified atom stereocenters. The van der Waals surface area contributed by atoms with E-state index in [0.717, 1.165) is 18.2 Å². The van der Waals surface area contributed by atoms with Crippen molar-refractivity contribution in [2.45, 2.75) is 64.1 Å². The Morgan fingerprint density at radius 2 is 1.69 bits per heavy atom. The van der Waals surface area contributed by atoms with Gasteiger partial charge in [0.25, 0.3) is 6.43 Å². The third-order valence-corrected chi connectivity index (χ3v) is 7.94. The highest BCUT2D eigenvalue weighted by atomic mass is 32.2. The van der Waals surface area contributed by atoms with Gasteiger partial charge in [-0.2, -0.15) is 13.2 Å². The minimum atomic E-state index is -4.74. The van der Waals surface area contributed by atoms with Crippen LogP contribution < -0.4 is 4.72 Å². The highest BCUT2D eigenvalue weighted by Crippen LogP contribution is 2.41. The Labute approximate surface area is 205 Å². The molecule has 0 saturated heterocycles. The maximum atomic E-state index is 15.3. The van der Waals surface area contributed by atoms with Crippen LogP contribution in [0.1, 0.15) is 50.8 Å². The van der Waals surface area contributed by atoms with E-state index in [2.05, 4.69) is 4.72 Å². The van der Waals surface area contributed by atoms with Crippen molar-refractivity contribution in [3.8, 4) is 11.1 Å². The maximum Gasteiger partial charge on any atom is 0.417 e. The second-order valence-electron chi connectivity index (χ2n) is 10.3. The van der Waals surface area contributed by atoms with Gasteiger partial charge in [0.1, 0.15) is 11.9 Å². The summed E-state index contributed by atoms with van der Waals surface area (Å²) in [6.07, 6.45) is -5.80. The molecule has 1 N–H and O–H groups in total. The standard InChI is InChI=1S/C25H26F6N2O2S/c1-24(2,3)13-33-12-18(22(23(27)28)32-36(34,35)14-8-9-14)17-10-20(26)16(11-21(17)33)15-6-4-5-7-19(15)25(29,30)31/h4-7,10-12,14,22-23,32H,8-9,13H2,1-3H3/t22-/m0/s1. The molecule has 36 heavy (non-hydrogen) atoms. The predicted molar refractivity (Wildman–Crippen MR) is 126 cm³/mol. The fourth-order valence-corrected chi connectivity index (χ4v) is 5.83. The molecule has 3 aromatic rings. The number of sulfonamides is 1. The van der Waals surface area contributed by atoms with Crippen molar-refractivity contribution in [2.75, 3.05) is 0 Å². The zero-order valence-corrected chi connectivity index (χ0v) is 20.7. The quantitative estimate of drug-likeness (QED) is 0.337. The van der Waals surface area contributed by atoms with Crippen LogP contribution in [0.25, 0.3) is 22.0 Å². The van der Waals surface area contributed by atoms with E-state index in [1.165, 1.54) is 24.4 Å². The number of alkyl halides is 5. The zero-order valence-electron chi connectivity index (χ0n) is 19.8. The second kappa shape index (κ2) is 9.09. The lowest BCUT2D eigenvalue weighted by molar-refractivity contribution is -0.137. The van der Waals surface area contributed by atoms with Gasteiger partial charge in [-0.3, -0.25) is 0 Å². The molecule has 4 rings (SSSR count). The summed E-state index contributed by atoms with van der Waals surface area (Å²) >= 11 is 0. The van der Waals surface area contributed by atoms with E-state index in [0.29, 0.717) is 12.8 Å². The topological polar surface area (TPSA) is 51.1 Å². The van der Waals surface area contributed by atoms with E-state index in [9.17, 15) is 30.4 Å². The number of hydrogen-bond acceptors (Lipinski definition) is 2. The molecule has 1 saturated carbocycles. The minimum absolute atomic E-state index is 0.00814. The molecule has 1 heterocycles. The van der Waals surface area contributed by atoms with Crippen LogP contribution in [0.2, 0.25) is 0 Å². The van der Waals surface area contributed by atoms with Crippen LogP contribution in [0.15, 0.2) is 42.6 Å². The monoisotopic (exact) mass is 532 g/mol. The van der Waals surface area contributed by atoms with Crippen LogP contribution in [0.5, 0.6) is 0 Å². The van der Waals surface area contributed by atoms with E-state index in [4.69, 9.17) is 0 Å². The highest BCUT2D eigenvalue weighted by molar-refractivity contribution is 7.90. The highest BCUT2D eigenvalue weighted by Gasteiger charge is 2.40. The van der Waals surface area contributed by atoms with E-state index < -0.39 is 45.3 Å². The van der Waals surface area contributed by atoms with Gasteiger partial charge in [-0.15, -0.1) is 0 Å². The van der Waals surface area contributed by atoms with Crippen molar-refractivity contribution < 1.29 is 34.8 Å². The van der Waals surface area contributed by atoms with Crippen molar-refractivity contribution in [3.05, 3.63) is 59.5 Å². The number of rotatable bonds is 7. The lowest BCUT2D eigenvalue weighted by Crippen LogP contribution is -2.35. The van der Waals surface area contributed by atoms with Crippen molar-refractivity contribution in [2.24, 2.45) is 5.41 Å². The lowest BCUT2D eigenvalue weighted by Gasteiger charge is -2.20. The smallest absolute Gasteiger partial charge is 0.347 e. The summed E-state index contributed by atoms with van der Waals surface area (Å²) in [6, 6.07) is 4.73. The number of fused-ring (bicyclic) bond motifs is 1. The summed E-state index contributed by atoms with van der Waals surface area (Å²) < 4.78 is 113. The first kappa shape index (κ1) is 26.5. The van der Waals surface area contributed by atoms with Crippen molar-refractivity contribution in [1.82, 2.24) is 9.29 Å². The normalized spacial score (nSPS) is 16.2. The molecule has 1 atom stereocenters. The molecule has 1 fully saturated rings. The minimum Gasteiger partial charge on any atom is -0.347 e. The summed E-state index contributed by atoms with van der Waals surface area (Å²) in [5.74, 6) is -1.04. The van der Waals surface area contributed by atoms with Crippen LogP contribution in [0.3, 0.4) is 0 Å². The molecular formula is C25H26F6N2O2S. The predicted octanol–water partition coefficient (Wildman–Crippen LogP) is 6.90. The fraction of sp³-hybridized carbons (Fsp3) is 0.440. The zero-order chi connectivity index (χ0) is 26.6. The van der Waals surface area contributed by atoms with E-state index >= 15 is 4.39 Å². The summed E-state index contributed by atoms with van der Waals surface area (Å²) in [5, 5.41) is -0.738. The maximum absolute atomic E-state index is 15.3. The molecule has 1 aromatic heterocycles. The van der Waals surface area contributed by atoms with Gasteiger partial charge in [-0.25, -0.2) is 26.3 Å². The average Bonchev–Trinajstić information content (AvgIpc) is 3.55. The Balaban J connectivity index is 1.94. The van der Waals surface area contributed by atoms with Crippen LogP contribution in [-0.4, -0.2) is 24.7 Å². The number of nitrogens with zero attached hydrogens (tertiary/aromatic N) is 1. The molecule has 0 radical (unpaired) electrons. The van der Waals surface area contributed by atoms with Gasteiger partial charge in [0.15, 0.2) is 0 Å². The van der Waals surface area contributed by atoms with Gasteiger partial charge in [-0.05, 0) is 42.0 Å². The van der Waals surface area contributed by atoms with Crippen molar-refractivity contribution in [3.63, 3.8) is 0 Å². The van der Waals surface area contributed by atoms with Crippen molar-refractivity contribution >= 4 is 20.9 Å². The Morgan fingerprint density at radius 3 is 2.25 bits per heavy atom. The molecule has 2 aromatic carbocycles. The number of nitrogens with one attached hydrogen (secondary N) is 1. The third-order valence-electron chi connectivity index (χ3n) is 6.01. The molecule has 0 bridgehead atoms. The Kier molecular flexibility index (Phi) is 6.70. The summed E-state index contributed by atoms with van der Waals surface area (Å²) in [6.45, 7) is 5.90. The summed E-state index contributed by atoms with van der Waals surface area (Å²) in [5.41, 5.74) is -2.03. The summed E-state index contributed by atoms with van der Waals surface area (Å²) in [4.78, 5) is 0. The first-order valence-corrected chi connectivity index (χ1v) is 12.9. The van der Waals surface area contributed by atoms with E-state index in [1.54, 1.807) is 4.57 Å². The first-order chi connectivity index (χ1) is 16.6. The number of hydrogen-bond donors (Lipinski definition) is 1. The molecule has 11 heteroatoms. The summed E-state index contributed by atoms with van der Waals surface area (Å²) in [7, 11) is -4.02. The Morgan fingerprint density at radius 1 is 1.06 bits per heavy atom. The third kappa shape index (κ3) is 5.41. The molecule has 4 nitrogen and oxygen atoms in total. The first-order valence-electron chi connectivity index (χ1n) is 11.4. The number of halogens is 6. The molecule has 1 aliphatic rings. The largest absolute Gasteiger partial charge is 0.417 e. The SMILES string of the molecule is CC(C)(C)Cn1cc([C@H](NS(=O)(=O)C2CC2)C(F)F)c2cc(F)c(-c3ccccc3C(F)(F)F)cc21. The van der Waals surface area contributed by atoms with Crippen LogP contribution in [0, 0.1) is 11.2 Å². The van der Waals surface area contributed by atoms with Crippen LogP contribution in [0.4, 0.5) is 26.3 Å². The number of benzene rings is 2. The van der Waals surface area contributed by atoms with Crippen LogP contribution in [-0.2, 0) is 22.7 Å².